The Morgan fingerprint density at radius 2 is 1.79 bits per heavy atom. The van der Waals surface area contributed by atoms with E-state index in [1.807, 2.05) is 42.2 Å². The van der Waals surface area contributed by atoms with Crippen LogP contribution >= 0.6 is 11.6 Å². The van der Waals surface area contributed by atoms with Gasteiger partial charge in [0.2, 0.25) is 0 Å². The number of pyridine rings is 1. The van der Waals surface area contributed by atoms with Gasteiger partial charge in [-0.15, -0.1) is 0 Å². The van der Waals surface area contributed by atoms with Gasteiger partial charge in [0.25, 0.3) is 5.91 Å². The molecule has 0 spiro atoms. The van der Waals surface area contributed by atoms with Gasteiger partial charge in [-0.05, 0) is 49.9 Å². The van der Waals surface area contributed by atoms with Crippen LogP contribution in [0.1, 0.15) is 59.6 Å². The maximum absolute atomic E-state index is 13.4. The molecule has 2 aromatic heterocycles. The van der Waals surface area contributed by atoms with Crippen molar-refractivity contribution in [3.05, 3.63) is 76.0 Å². The van der Waals surface area contributed by atoms with E-state index in [4.69, 9.17) is 16.3 Å². The molecule has 2 aliphatic rings. The van der Waals surface area contributed by atoms with Crippen LogP contribution in [0.4, 0.5) is 0 Å². The zero-order valence-corrected chi connectivity index (χ0v) is 23.4. The molecule has 2 saturated heterocycles. The summed E-state index contributed by atoms with van der Waals surface area (Å²) in [5, 5.41) is 0.416. The van der Waals surface area contributed by atoms with Gasteiger partial charge in [-0.25, -0.2) is 9.97 Å². The Bertz CT molecular complexity index is 1370. The largest absolute Gasteiger partial charge is 0.381 e. The van der Waals surface area contributed by atoms with Gasteiger partial charge in [0.05, 0.1) is 27.5 Å². The van der Waals surface area contributed by atoms with E-state index in [0.717, 1.165) is 80.1 Å². The fraction of sp³-hybridized carbons (Fsp3) is 0.419. The Morgan fingerprint density at radius 3 is 2.46 bits per heavy atom. The second-order valence-electron chi connectivity index (χ2n) is 9.91. The van der Waals surface area contributed by atoms with E-state index < -0.39 is 0 Å². The first kappa shape index (κ1) is 27.3. The van der Waals surface area contributed by atoms with Crippen LogP contribution in [-0.4, -0.2) is 76.1 Å². The summed E-state index contributed by atoms with van der Waals surface area (Å²) in [7, 11) is 0. The van der Waals surface area contributed by atoms with E-state index in [-0.39, 0.29) is 5.91 Å². The number of ether oxygens (including phenoxy) is 1. The number of carbonyl (C=O) groups excluding carboxylic acids is 1. The van der Waals surface area contributed by atoms with Crippen LogP contribution in [0, 0.1) is 11.8 Å². The highest BCUT2D eigenvalue weighted by Crippen LogP contribution is 2.29. The van der Waals surface area contributed by atoms with Gasteiger partial charge in [0.1, 0.15) is 6.33 Å². The van der Waals surface area contributed by atoms with Crippen molar-refractivity contribution in [2.24, 2.45) is 0 Å². The zero-order chi connectivity index (χ0) is 27.2. The quantitative estimate of drug-likeness (QED) is 0.436. The molecule has 1 amide bonds. The Kier molecular flexibility index (Phi) is 8.88. The number of halogens is 1. The lowest BCUT2D eigenvalue weighted by Gasteiger charge is -2.40. The molecule has 8 heteroatoms. The number of nitrogens with zero attached hydrogens (tertiary/aromatic N) is 5. The average molecular weight is 544 g/mol. The minimum atomic E-state index is -0.0295. The summed E-state index contributed by atoms with van der Waals surface area (Å²) >= 11 is 6.71. The van der Waals surface area contributed by atoms with Gasteiger partial charge < -0.3 is 9.64 Å². The van der Waals surface area contributed by atoms with Gasteiger partial charge in [0.15, 0.2) is 0 Å². The molecule has 5 rings (SSSR count). The monoisotopic (exact) mass is 543 g/mol. The number of aryl methyl sites for hydroxylation is 2. The molecule has 0 unspecified atom stereocenters. The SMILES string of the molecule is CCc1ccc(C#Cc2c(CC)ncnc2-c2ccc(C(=O)N3CCN(C4CCOCC4)CC3)c(Cl)c2)cn1. The number of benzene rings is 1. The summed E-state index contributed by atoms with van der Waals surface area (Å²) < 4.78 is 5.50. The third-order valence-electron chi connectivity index (χ3n) is 7.56. The number of hydrogen-bond acceptors (Lipinski definition) is 6. The molecule has 39 heavy (non-hydrogen) atoms. The van der Waals surface area contributed by atoms with Crippen LogP contribution in [0.2, 0.25) is 5.02 Å². The Balaban J connectivity index is 1.34. The van der Waals surface area contributed by atoms with E-state index in [0.29, 0.717) is 35.4 Å². The summed E-state index contributed by atoms with van der Waals surface area (Å²) in [4.78, 5) is 31.2. The van der Waals surface area contributed by atoms with Crippen LogP contribution < -0.4 is 0 Å². The van der Waals surface area contributed by atoms with E-state index in [9.17, 15) is 4.79 Å². The molecular formula is C31H34ClN5O2. The maximum Gasteiger partial charge on any atom is 0.255 e. The van der Waals surface area contributed by atoms with Crippen molar-refractivity contribution in [1.82, 2.24) is 24.8 Å². The second kappa shape index (κ2) is 12.7. The Hall–Kier alpha value is -3.31. The second-order valence-corrected chi connectivity index (χ2v) is 10.3. The lowest BCUT2D eigenvalue weighted by Crippen LogP contribution is -2.53. The minimum absolute atomic E-state index is 0.0295. The van der Waals surface area contributed by atoms with Crippen LogP contribution in [0.3, 0.4) is 0 Å². The molecule has 3 aromatic rings. The van der Waals surface area contributed by atoms with Crippen molar-refractivity contribution in [2.75, 3.05) is 39.4 Å². The molecule has 0 bridgehead atoms. The van der Waals surface area contributed by atoms with Crippen molar-refractivity contribution in [1.29, 1.82) is 0 Å². The van der Waals surface area contributed by atoms with E-state index in [1.54, 1.807) is 12.5 Å². The number of rotatable bonds is 5. The van der Waals surface area contributed by atoms with Crippen LogP contribution in [-0.2, 0) is 17.6 Å². The summed E-state index contributed by atoms with van der Waals surface area (Å²) in [5.74, 6) is 6.46. The Morgan fingerprint density at radius 1 is 1.00 bits per heavy atom. The van der Waals surface area contributed by atoms with Gasteiger partial charge in [-0.1, -0.05) is 43.4 Å². The zero-order valence-electron chi connectivity index (χ0n) is 22.6. The minimum Gasteiger partial charge on any atom is -0.381 e. The van der Waals surface area contributed by atoms with Crippen molar-refractivity contribution < 1.29 is 9.53 Å². The molecule has 0 atom stereocenters. The lowest BCUT2D eigenvalue weighted by molar-refractivity contribution is 0.0137. The molecule has 0 radical (unpaired) electrons. The summed E-state index contributed by atoms with van der Waals surface area (Å²) in [6.07, 6.45) is 7.09. The van der Waals surface area contributed by atoms with Crippen molar-refractivity contribution >= 4 is 17.5 Å². The molecule has 7 nitrogen and oxygen atoms in total. The molecular weight excluding hydrogens is 510 g/mol. The topological polar surface area (TPSA) is 71.5 Å². The Labute approximate surface area is 235 Å². The number of hydrogen-bond donors (Lipinski definition) is 0. The first-order valence-electron chi connectivity index (χ1n) is 13.8. The molecule has 2 fully saturated rings. The van der Waals surface area contributed by atoms with E-state index in [2.05, 4.69) is 38.6 Å². The van der Waals surface area contributed by atoms with Crippen molar-refractivity contribution in [2.45, 2.75) is 45.6 Å². The smallest absolute Gasteiger partial charge is 0.255 e. The fourth-order valence-electron chi connectivity index (χ4n) is 5.23. The average Bonchev–Trinajstić information content (AvgIpc) is 3.00. The molecule has 0 aliphatic carbocycles. The van der Waals surface area contributed by atoms with Crippen molar-refractivity contribution in [3.63, 3.8) is 0 Å². The number of piperazine rings is 1. The first-order chi connectivity index (χ1) is 19.1. The molecule has 4 heterocycles. The van der Waals surface area contributed by atoms with E-state index in [1.165, 1.54) is 0 Å². The maximum atomic E-state index is 13.4. The van der Waals surface area contributed by atoms with Gasteiger partial charge in [0, 0.05) is 68.5 Å². The number of aromatic nitrogens is 3. The third-order valence-corrected chi connectivity index (χ3v) is 7.87. The standard InChI is InChI=1S/C31H34ClN5O2/c1-3-24-8-5-22(20-33-24)6-9-27-29(4-2)34-21-35-30(27)23-7-10-26(28(32)19-23)31(38)37-15-13-36(14-16-37)25-11-17-39-18-12-25/h5,7-8,10,19-21,25H,3-4,11-18H2,1-2H3. The van der Waals surface area contributed by atoms with Crippen LogP contribution in [0.5, 0.6) is 0 Å². The van der Waals surface area contributed by atoms with Gasteiger partial charge in [-0.3, -0.25) is 14.7 Å². The van der Waals surface area contributed by atoms with Crippen LogP contribution in [0.25, 0.3) is 11.3 Å². The fourth-order valence-corrected chi connectivity index (χ4v) is 5.49. The first-order valence-corrected chi connectivity index (χ1v) is 14.2. The predicted molar refractivity (Wildman–Crippen MR) is 153 cm³/mol. The molecule has 2 aliphatic heterocycles. The highest BCUT2D eigenvalue weighted by atomic mass is 35.5. The highest BCUT2D eigenvalue weighted by molar-refractivity contribution is 6.34. The predicted octanol–water partition coefficient (Wildman–Crippen LogP) is 4.65. The molecule has 202 valence electrons. The molecule has 0 saturated carbocycles. The summed E-state index contributed by atoms with van der Waals surface area (Å²) in [5.41, 5.74) is 5.52. The third kappa shape index (κ3) is 6.30. The van der Waals surface area contributed by atoms with E-state index >= 15 is 0 Å². The normalized spacial score (nSPS) is 16.5. The number of carbonyl (C=O) groups is 1. The van der Waals surface area contributed by atoms with Gasteiger partial charge >= 0.3 is 0 Å². The summed E-state index contributed by atoms with van der Waals surface area (Å²) in [6, 6.07) is 10.1. The highest BCUT2D eigenvalue weighted by Gasteiger charge is 2.28. The molecule has 1 aromatic carbocycles. The molecule has 0 N–H and O–H groups in total. The van der Waals surface area contributed by atoms with Gasteiger partial charge in [-0.2, -0.15) is 0 Å². The van der Waals surface area contributed by atoms with Crippen LogP contribution in [0.15, 0.2) is 42.9 Å². The summed E-state index contributed by atoms with van der Waals surface area (Å²) in [6.45, 7) is 8.94. The van der Waals surface area contributed by atoms with Crippen molar-refractivity contribution in [3.8, 4) is 23.1 Å². The lowest BCUT2D eigenvalue weighted by atomic mass is 10.0. The number of amides is 1.